The van der Waals surface area contributed by atoms with Crippen molar-refractivity contribution >= 4 is 62.1 Å². The van der Waals surface area contributed by atoms with Crippen LogP contribution in [0, 0.1) is 0 Å². The van der Waals surface area contributed by atoms with Gasteiger partial charge in [0.2, 0.25) is 0 Å². The molecule has 0 radical (unpaired) electrons. The Hall–Kier alpha value is -1.76. The van der Waals surface area contributed by atoms with E-state index in [1.807, 2.05) is 30.3 Å². The van der Waals surface area contributed by atoms with Crippen LogP contribution in [0.15, 0.2) is 64.0 Å². The van der Waals surface area contributed by atoms with Gasteiger partial charge in [0.05, 0.1) is 10.5 Å². The summed E-state index contributed by atoms with van der Waals surface area (Å²) in [6.07, 6.45) is 1.74. The molecule has 0 aliphatic carbocycles. The Labute approximate surface area is 151 Å². The van der Waals surface area contributed by atoms with Gasteiger partial charge in [0.1, 0.15) is 0 Å². The molecule has 1 heterocycles. The molecule has 1 fully saturated rings. The van der Waals surface area contributed by atoms with E-state index in [-0.39, 0.29) is 10.2 Å². The largest absolute Gasteiger partial charge is 0.273 e. The van der Waals surface area contributed by atoms with Crippen molar-refractivity contribution in [2.24, 2.45) is 0 Å². The maximum atomic E-state index is 12.6. The van der Waals surface area contributed by atoms with Gasteiger partial charge in [0.25, 0.3) is 11.8 Å². The van der Waals surface area contributed by atoms with E-state index in [9.17, 15) is 9.59 Å². The molecule has 3 rings (SSSR count). The van der Waals surface area contributed by atoms with Crippen LogP contribution in [-0.2, 0) is 4.79 Å². The molecular weight excluding hydrogens is 394 g/mol. The van der Waals surface area contributed by atoms with E-state index < -0.39 is 5.91 Å². The third-order valence-corrected chi connectivity index (χ3v) is 5.19. The molecule has 114 valence electrons. The van der Waals surface area contributed by atoms with Crippen LogP contribution in [0.5, 0.6) is 0 Å². The van der Waals surface area contributed by atoms with Crippen LogP contribution in [0.25, 0.3) is 6.08 Å². The lowest BCUT2D eigenvalue weighted by Crippen LogP contribution is -2.34. The first-order chi connectivity index (χ1) is 11.1. The van der Waals surface area contributed by atoms with Gasteiger partial charge < -0.3 is 0 Å². The third kappa shape index (κ3) is 3.29. The van der Waals surface area contributed by atoms with Crippen LogP contribution < -0.4 is 0 Å². The molecule has 1 aliphatic rings. The quantitative estimate of drug-likeness (QED) is 0.420. The number of rotatable bonds is 2. The van der Waals surface area contributed by atoms with Gasteiger partial charge in [-0.2, -0.15) is 0 Å². The molecule has 6 heteroatoms. The minimum Gasteiger partial charge on any atom is -0.268 e. The highest BCUT2D eigenvalue weighted by Gasteiger charge is 2.37. The minimum absolute atomic E-state index is 0.248. The van der Waals surface area contributed by atoms with Crippen molar-refractivity contribution in [2.45, 2.75) is 0 Å². The summed E-state index contributed by atoms with van der Waals surface area (Å²) in [6, 6.07) is 16.4. The average Bonchev–Trinajstić information content (AvgIpc) is 2.82. The van der Waals surface area contributed by atoms with Gasteiger partial charge in [-0.3, -0.25) is 9.59 Å². The molecule has 0 aromatic heterocycles. The summed E-state index contributed by atoms with van der Waals surface area (Å²) in [5.74, 6) is -0.805. The van der Waals surface area contributed by atoms with E-state index in [1.54, 1.807) is 30.3 Å². The molecule has 1 saturated heterocycles. The second-order valence-electron chi connectivity index (χ2n) is 4.71. The molecule has 0 N–H and O–H groups in total. The molecule has 2 aromatic rings. The van der Waals surface area contributed by atoms with Crippen molar-refractivity contribution in [1.82, 2.24) is 4.90 Å². The molecular formula is C17H10BrNO2S2. The van der Waals surface area contributed by atoms with E-state index in [2.05, 4.69) is 15.9 Å². The smallest absolute Gasteiger partial charge is 0.268 e. The lowest BCUT2D eigenvalue weighted by molar-refractivity contribution is -0.120. The molecule has 0 atom stereocenters. The molecule has 3 nitrogen and oxygen atoms in total. The number of thiocarbonyl (C=S) groups is 1. The van der Waals surface area contributed by atoms with Gasteiger partial charge in [-0.15, -0.1) is 0 Å². The summed E-state index contributed by atoms with van der Waals surface area (Å²) >= 11 is 9.69. The fourth-order valence-electron chi connectivity index (χ4n) is 2.10. The summed E-state index contributed by atoms with van der Waals surface area (Å²) in [4.78, 5) is 26.7. The number of benzene rings is 2. The summed E-state index contributed by atoms with van der Waals surface area (Å²) in [6.45, 7) is 0. The van der Waals surface area contributed by atoms with Crippen molar-refractivity contribution in [3.63, 3.8) is 0 Å². The zero-order valence-corrected chi connectivity index (χ0v) is 15.0. The summed E-state index contributed by atoms with van der Waals surface area (Å²) < 4.78 is 0.879. The van der Waals surface area contributed by atoms with Gasteiger partial charge in [-0.1, -0.05) is 66.4 Å². The second-order valence-corrected chi connectivity index (χ2v) is 7.24. The Kier molecular flexibility index (Phi) is 4.75. The lowest BCUT2D eigenvalue weighted by Gasteiger charge is -2.13. The van der Waals surface area contributed by atoms with E-state index in [4.69, 9.17) is 12.2 Å². The Morgan fingerprint density at radius 1 is 1.09 bits per heavy atom. The molecule has 0 spiro atoms. The molecule has 1 aliphatic heterocycles. The van der Waals surface area contributed by atoms with Crippen molar-refractivity contribution in [3.8, 4) is 0 Å². The monoisotopic (exact) mass is 403 g/mol. The summed E-state index contributed by atoms with van der Waals surface area (Å²) in [5.41, 5.74) is 1.30. The maximum absolute atomic E-state index is 12.6. The maximum Gasteiger partial charge on any atom is 0.273 e. The van der Waals surface area contributed by atoms with Gasteiger partial charge in [-0.25, -0.2) is 4.90 Å². The van der Waals surface area contributed by atoms with Crippen LogP contribution in [0.2, 0.25) is 0 Å². The van der Waals surface area contributed by atoms with Crippen molar-refractivity contribution < 1.29 is 9.59 Å². The Balaban J connectivity index is 1.92. The first-order valence-corrected chi connectivity index (χ1v) is 8.71. The van der Waals surface area contributed by atoms with Crippen LogP contribution in [0.3, 0.4) is 0 Å². The van der Waals surface area contributed by atoms with E-state index in [1.165, 1.54) is 0 Å². The van der Waals surface area contributed by atoms with Crippen LogP contribution in [-0.4, -0.2) is 21.0 Å². The summed E-state index contributed by atoms with van der Waals surface area (Å²) in [7, 11) is 0. The predicted molar refractivity (Wildman–Crippen MR) is 99.9 cm³/mol. The number of carbonyl (C=O) groups excluding carboxylic acids is 2. The van der Waals surface area contributed by atoms with Gasteiger partial charge in [0.15, 0.2) is 4.32 Å². The fourth-order valence-corrected chi connectivity index (χ4v) is 3.81. The fraction of sp³-hybridized carbons (Fsp3) is 0. The van der Waals surface area contributed by atoms with Crippen LogP contribution in [0.1, 0.15) is 15.9 Å². The first-order valence-electron chi connectivity index (χ1n) is 6.70. The first kappa shape index (κ1) is 16.1. The number of carbonyl (C=O) groups is 2. The number of hydrogen-bond donors (Lipinski definition) is 0. The number of halogens is 1. The Bertz CT molecular complexity index is 833. The zero-order chi connectivity index (χ0) is 16.4. The van der Waals surface area contributed by atoms with Crippen molar-refractivity contribution in [1.29, 1.82) is 0 Å². The third-order valence-electron chi connectivity index (χ3n) is 3.20. The highest BCUT2D eigenvalue weighted by molar-refractivity contribution is 9.10. The minimum atomic E-state index is -0.420. The van der Waals surface area contributed by atoms with Crippen LogP contribution in [0.4, 0.5) is 0 Å². The van der Waals surface area contributed by atoms with Crippen molar-refractivity contribution in [2.75, 3.05) is 0 Å². The van der Waals surface area contributed by atoms with Gasteiger partial charge in [0, 0.05) is 4.47 Å². The number of amides is 2. The predicted octanol–water partition coefficient (Wildman–Crippen LogP) is 4.49. The topological polar surface area (TPSA) is 37.4 Å². The Morgan fingerprint density at radius 2 is 1.74 bits per heavy atom. The van der Waals surface area contributed by atoms with E-state index in [0.29, 0.717) is 14.9 Å². The standard InChI is InChI=1S/C17H10BrNO2S2/c18-13-9-5-4-8-12(13)15(20)19-16(21)14(23-17(19)22)10-11-6-2-1-3-7-11/h1-10H/b14-10+. The Morgan fingerprint density at radius 3 is 2.43 bits per heavy atom. The number of imide groups is 1. The van der Waals surface area contributed by atoms with Crippen molar-refractivity contribution in [3.05, 3.63) is 75.1 Å². The van der Waals surface area contributed by atoms with E-state index >= 15 is 0 Å². The summed E-state index contributed by atoms with van der Waals surface area (Å²) in [5, 5.41) is 0. The normalized spacial score (nSPS) is 16.2. The molecule has 0 bridgehead atoms. The lowest BCUT2D eigenvalue weighted by atomic mass is 10.2. The molecule has 2 aromatic carbocycles. The molecule has 23 heavy (non-hydrogen) atoms. The molecule has 0 saturated carbocycles. The SMILES string of the molecule is O=C1/C(=C\c2ccccc2)SC(=S)N1C(=O)c1ccccc1Br. The van der Waals surface area contributed by atoms with Crippen LogP contribution >= 0.6 is 39.9 Å². The number of thioether (sulfide) groups is 1. The van der Waals surface area contributed by atoms with E-state index in [0.717, 1.165) is 22.2 Å². The number of nitrogens with zero attached hydrogens (tertiary/aromatic N) is 1. The zero-order valence-electron chi connectivity index (χ0n) is 11.7. The number of hydrogen-bond acceptors (Lipinski definition) is 4. The molecule has 2 amide bonds. The second kappa shape index (κ2) is 6.78. The molecule has 0 unspecified atom stereocenters. The highest BCUT2D eigenvalue weighted by atomic mass is 79.9. The van der Waals surface area contributed by atoms with Gasteiger partial charge in [-0.05, 0) is 39.7 Å². The average molecular weight is 404 g/mol. The highest BCUT2D eigenvalue weighted by Crippen LogP contribution is 2.34. The van der Waals surface area contributed by atoms with Gasteiger partial charge >= 0.3 is 0 Å².